The number of carbonyl (C=O) groups is 1. The Morgan fingerprint density at radius 3 is 1.88 bits per heavy atom. The number of carbonyl (C=O) groups excluding carboxylic acids is 1. The van der Waals surface area contributed by atoms with E-state index in [1.807, 2.05) is 0 Å². The van der Waals surface area contributed by atoms with Crippen LogP contribution in [0.1, 0.15) is 137 Å². The topological polar surface area (TPSA) is 23.6 Å². The summed E-state index contributed by atoms with van der Waals surface area (Å²) in [7, 11) is 0. The number of likely N-dealkylation sites (tertiary alicyclic amines) is 2. The van der Waals surface area contributed by atoms with Crippen molar-refractivity contribution in [3.8, 4) is 0 Å². The summed E-state index contributed by atoms with van der Waals surface area (Å²) in [5, 5.41) is 0. The first-order valence-corrected chi connectivity index (χ1v) is 15.0. The molecule has 1 spiro atoms. The van der Waals surface area contributed by atoms with Crippen molar-refractivity contribution in [1.29, 1.82) is 0 Å². The lowest BCUT2D eigenvalue weighted by Gasteiger charge is -2.55. The van der Waals surface area contributed by atoms with Gasteiger partial charge in [-0.15, -0.1) is 0 Å². The fraction of sp³-hybridized carbons (Fsp3) is 0.967. The molecule has 2 fully saturated rings. The van der Waals surface area contributed by atoms with E-state index < -0.39 is 0 Å². The Labute approximate surface area is 207 Å². The summed E-state index contributed by atoms with van der Waals surface area (Å²) in [6.45, 7) is 15.2. The van der Waals surface area contributed by atoms with E-state index in [0.29, 0.717) is 17.2 Å². The van der Waals surface area contributed by atoms with E-state index in [4.69, 9.17) is 0 Å². The van der Waals surface area contributed by atoms with E-state index in [0.717, 1.165) is 31.8 Å². The molecule has 0 aliphatic carbocycles. The van der Waals surface area contributed by atoms with Crippen LogP contribution in [-0.2, 0) is 4.79 Å². The minimum atomic E-state index is 0.424. The highest BCUT2D eigenvalue weighted by atomic mass is 16.2. The first kappa shape index (κ1) is 28.7. The highest BCUT2D eigenvalue weighted by Gasteiger charge is 2.45. The largest absolute Gasteiger partial charge is 0.343 e. The third kappa shape index (κ3) is 10.7. The minimum absolute atomic E-state index is 0.424. The molecule has 3 nitrogen and oxygen atoms in total. The van der Waals surface area contributed by atoms with Crippen molar-refractivity contribution in [3.63, 3.8) is 0 Å². The maximum Gasteiger partial charge on any atom is 0.222 e. The molecule has 0 aromatic carbocycles. The van der Waals surface area contributed by atoms with E-state index in [1.165, 1.54) is 116 Å². The van der Waals surface area contributed by atoms with Crippen LogP contribution in [0.15, 0.2) is 0 Å². The zero-order valence-electron chi connectivity index (χ0n) is 23.0. The second-order valence-corrected chi connectivity index (χ2v) is 11.9. The maximum absolute atomic E-state index is 12.8. The monoisotopic (exact) mass is 462 g/mol. The zero-order chi connectivity index (χ0) is 23.9. The molecule has 2 saturated heterocycles. The van der Waals surface area contributed by atoms with Gasteiger partial charge in [0, 0.05) is 39.1 Å². The summed E-state index contributed by atoms with van der Waals surface area (Å²) in [4.78, 5) is 17.7. The van der Waals surface area contributed by atoms with Gasteiger partial charge in [-0.2, -0.15) is 0 Å². The Hall–Kier alpha value is -0.570. The summed E-state index contributed by atoms with van der Waals surface area (Å²) in [5.74, 6) is 2.03. The Balaban J connectivity index is 1.63. The Morgan fingerprint density at radius 2 is 1.30 bits per heavy atom. The molecule has 0 N–H and O–H groups in total. The van der Waals surface area contributed by atoms with Crippen LogP contribution in [0.2, 0.25) is 0 Å². The molecule has 2 aliphatic heterocycles. The van der Waals surface area contributed by atoms with Crippen LogP contribution in [0, 0.1) is 17.3 Å². The predicted octanol–water partition coefficient (Wildman–Crippen LogP) is 8.07. The van der Waals surface area contributed by atoms with Crippen molar-refractivity contribution in [1.82, 2.24) is 9.80 Å². The standard InChI is InChI=1S/C30H58N2O/c1-5-8-11-14-15-27(4)18-19-29(33)32-22-20-30(21-23-32)25-31(26-30)24-28(16-12-9-6-2)17-13-10-7-3/h27-28H,5-26H2,1-4H3. The van der Waals surface area contributed by atoms with Crippen molar-refractivity contribution in [2.24, 2.45) is 17.3 Å². The van der Waals surface area contributed by atoms with Gasteiger partial charge in [0.15, 0.2) is 0 Å². The smallest absolute Gasteiger partial charge is 0.222 e. The average molecular weight is 463 g/mol. The molecule has 0 aromatic rings. The van der Waals surface area contributed by atoms with Gasteiger partial charge in [-0.25, -0.2) is 0 Å². The van der Waals surface area contributed by atoms with Crippen LogP contribution < -0.4 is 0 Å². The molecule has 3 heteroatoms. The van der Waals surface area contributed by atoms with Crippen LogP contribution in [0.25, 0.3) is 0 Å². The molecule has 2 rings (SSSR count). The maximum atomic E-state index is 12.8. The Bertz CT molecular complexity index is 493. The molecule has 1 atom stereocenters. The summed E-state index contributed by atoms with van der Waals surface area (Å²) in [6.07, 6.45) is 22.1. The van der Waals surface area contributed by atoms with Gasteiger partial charge < -0.3 is 9.80 Å². The normalized spacial score (nSPS) is 19.2. The van der Waals surface area contributed by atoms with Crippen molar-refractivity contribution < 1.29 is 4.79 Å². The molecule has 0 radical (unpaired) electrons. The number of rotatable bonds is 18. The molecular formula is C30H58N2O. The molecule has 1 amide bonds. The number of unbranched alkanes of at least 4 members (excludes halogenated alkanes) is 7. The van der Waals surface area contributed by atoms with E-state index in [1.54, 1.807) is 0 Å². The van der Waals surface area contributed by atoms with Gasteiger partial charge in [0.25, 0.3) is 0 Å². The van der Waals surface area contributed by atoms with Crippen molar-refractivity contribution >= 4 is 5.91 Å². The van der Waals surface area contributed by atoms with Crippen LogP contribution in [0.5, 0.6) is 0 Å². The predicted molar refractivity (Wildman–Crippen MR) is 144 cm³/mol. The second-order valence-electron chi connectivity index (χ2n) is 11.9. The fourth-order valence-corrected chi connectivity index (χ4v) is 6.23. The highest BCUT2D eigenvalue weighted by Crippen LogP contribution is 2.41. The summed E-state index contributed by atoms with van der Waals surface area (Å²) in [5.41, 5.74) is 0.529. The van der Waals surface area contributed by atoms with Crippen molar-refractivity contribution in [2.75, 3.05) is 32.7 Å². The van der Waals surface area contributed by atoms with Crippen LogP contribution in [0.4, 0.5) is 0 Å². The van der Waals surface area contributed by atoms with Gasteiger partial charge in [-0.3, -0.25) is 4.79 Å². The third-order valence-corrected chi connectivity index (χ3v) is 8.64. The number of piperidine rings is 1. The number of amides is 1. The lowest BCUT2D eigenvalue weighted by molar-refractivity contribution is -0.136. The molecular weight excluding hydrogens is 404 g/mol. The van der Waals surface area contributed by atoms with Gasteiger partial charge in [-0.05, 0) is 49.4 Å². The van der Waals surface area contributed by atoms with Gasteiger partial charge >= 0.3 is 0 Å². The fourth-order valence-electron chi connectivity index (χ4n) is 6.23. The van der Waals surface area contributed by atoms with E-state index in [2.05, 4.69) is 37.5 Å². The van der Waals surface area contributed by atoms with Gasteiger partial charge in [-0.1, -0.05) is 98.3 Å². The molecule has 2 heterocycles. The Morgan fingerprint density at radius 1 is 0.758 bits per heavy atom. The third-order valence-electron chi connectivity index (χ3n) is 8.64. The van der Waals surface area contributed by atoms with Gasteiger partial charge in [0.1, 0.15) is 0 Å². The van der Waals surface area contributed by atoms with Gasteiger partial charge in [0.2, 0.25) is 5.91 Å². The first-order chi connectivity index (χ1) is 16.0. The average Bonchev–Trinajstić information content (AvgIpc) is 2.80. The minimum Gasteiger partial charge on any atom is -0.343 e. The summed E-state index contributed by atoms with van der Waals surface area (Å²) in [6, 6.07) is 0. The van der Waals surface area contributed by atoms with Gasteiger partial charge in [0.05, 0.1) is 0 Å². The Kier molecular flexibility index (Phi) is 14.0. The molecule has 33 heavy (non-hydrogen) atoms. The molecule has 194 valence electrons. The first-order valence-electron chi connectivity index (χ1n) is 15.0. The molecule has 0 aromatic heterocycles. The van der Waals surface area contributed by atoms with Crippen molar-refractivity contribution in [2.45, 2.75) is 137 Å². The second kappa shape index (κ2) is 16.2. The quantitative estimate of drug-likeness (QED) is 0.192. The molecule has 0 saturated carbocycles. The van der Waals surface area contributed by atoms with Crippen molar-refractivity contribution in [3.05, 3.63) is 0 Å². The van der Waals surface area contributed by atoms with Crippen LogP contribution in [0.3, 0.4) is 0 Å². The van der Waals surface area contributed by atoms with E-state index >= 15 is 0 Å². The number of nitrogens with zero attached hydrogens (tertiary/aromatic N) is 2. The molecule has 1 unspecified atom stereocenters. The van der Waals surface area contributed by atoms with E-state index in [-0.39, 0.29) is 0 Å². The zero-order valence-corrected chi connectivity index (χ0v) is 23.0. The summed E-state index contributed by atoms with van der Waals surface area (Å²) < 4.78 is 0. The SMILES string of the molecule is CCCCCCC(C)CCC(=O)N1CCC2(CC1)CN(CC(CCCCC)CCCCC)C2. The van der Waals surface area contributed by atoms with Crippen LogP contribution >= 0.6 is 0 Å². The number of hydrogen-bond donors (Lipinski definition) is 0. The summed E-state index contributed by atoms with van der Waals surface area (Å²) >= 11 is 0. The van der Waals surface area contributed by atoms with Crippen LogP contribution in [-0.4, -0.2) is 48.4 Å². The highest BCUT2D eigenvalue weighted by molar-refractivity contribution is 5.76. The van der Waals surface area contributed by atoms with E-state index in [9.17, 15) is 4.79 Å². The lowest BCUT2D eigenvalue weighted by atomic mass is 9.71. The molecule has 0 bridgehead atoms. The lowest BCUT2D eigenvalue weighted by Crippen LogP contribution is -2.61. The number of hydrogen-bond acceptors (Lipinski definition) is 2. The molecule has 2 aliphatic rings.